The molecule has 28 heavy (non-hydrogen) atoms. The zero-order valence-electron chi connectivity index (χ0n) is 14.6. The van der Waals surface area contributed by atoms with Crippen molar-refractivity contribution in [1.82, 2.24) is 9.78 Å². The highest BCUT2D eigenvalue weighted by atomic mass is 32.2. The molecular formula is C18H15F2N3O4S. The Labute approximate surface area is 159 Å². The lowest BCUT2D eigenvalue weighted by molar-refractivity contribution is 0.0519. The smallest absolute Gasteiger partial charge is 0.358 e. The minimum Gasteiger partial charge on any atom is -0.461 e. The third-order valence-electron chi connectivity index (χ3n) is 3.60. The number of carbonyl (C=O) groups is 1. The Bertz CT molecular complexity index is 1090. The second-order valence-electron chi connectivity index (χ2n) is 5.62. The molecule has 0 radical (unpaired) electrons. The summed E-state index contributed by atoms with van der Waals surface area (Å²) in [5, 5.41) is 4.09. The molecule has 0 aliphatic heterocycles. The summed E-state index contributed by atoms with van der Waals surface area (Å²) in [6.45, 7) is 1.92. The number of rotatable bonds is 6. The number of halogens is 2. The maximum atomic E-state index is 13.3. The van der Waals surface area contributed by atoms with Crippen LogP contribution in [0.25, 0.3) is 5.69 Å². The molecule has 1 N–H and O–H groups in total. The predicted molar refractivity (Wildman–Crippen MR) is 96.7 cm³/mol. The van der Waals surface area contributed by atoms with E-state index in [9.17, 15) is 22.0 Å². The van der Waals surface area contributed by atoms with E-state index in [1.54, 1.807) is 25.3 Å². The number of aromatic nitrogens is 2. The molecule has 0 spiro atoms. The fraction of sp³-hybridized carbons (Fsp3) is 0.111. The lowest BCUT2D eigenvalue weighted by atomic mass is 10.3. The molecule has 0 saturated heterocycles. The molecule has 3 aromatic rings. The standard InChI is InChI=1S/C18H15F2N3O4S/c1-2-27-18(24)17-7-8-23(21-17)15-5-3-14(4-6-15)22-28(25,26)16-10-12(19)9-13(20)11-16/h3-11,22H,2H2,1H3. The van der Waals surface area contributed by atoms with Gasteiger partial charge in [0.1, 0.15) is 11.6 Å². The Hall–Kier alpha value is -3.27. The fourth-order valence-electron chi connectivity index (χ4n) is 2.36. The fourth-order valence-corrected chi connectivity index (χ4v) is 3.46. The van der Waals surface area contributed by atoms with Gasteiger partial charge in [-0.15, -0.1) is 0 Å². The Balaban J connectivity index is 1.78. The highest BCUT2D eigenvalue weighted by molar-refractivity contribution is 7.92. The molecule has 0 fully saturated rings. The molecule has 7 nitrogen and oxygen atoms in total. The van der Waals surface area contributed by atoms with Crippen LogP contribution < -0.4 is 4.72 Å². The summed E-state index contributed by atoms with van der Waals surface area (Å²) in [7, 11) is -4.16. The maximum Gasteiger partial charge on any atom is 0.358 e. The molecule has 0 amide bonds. The van der Waals surface area contributed by atoms with E-state index in [2.05, 4.69) is 9.82 Å². The Morgan fingerprint density at radius 3 is 2.36 bits per heavy atom. The summed E-state index contributed by atoms with van der Waals surface area (Å²) in [6.07, 6.45) is 1.56. The van der Waals surface area contributed by atoms with Crippen molar-refractivity contribution in [3.05, 3.63) is 72.1 Å². The number of benzene rings is 2. The Morgan fingerprint density at radius 2 is 1.75 bits per heavy atom. The topological polar surface area (TPSA) is 90.3 Å². The van der Waals surface area contributed by atoms with E-state index in [0.717, 1.165) is 12.1 Å². The van der Waals surface area contributed by atoms with Crippen molar-refractivity contribution >= 4 is 21.7 Å². The van der Waals surface area contributed by atoms with Gasteiger partial charge in [-0.2, -0.15) is 5.10 Å². The maximum absolute atomic E-state index is 13.3. The molecule has 2 aromatic carbocycles. The second kappa shape index (κ2) is 7.77. The number of hydrogen-bond donors (Lipinski definition) is 1. The summed E-state index contributed by atoms with van der Waals surface area (Å²) < 4.78 is 59.6. The van der Waals surface area contributed by atoms with Crippen molar-refractivity contribution in [1.29, 1.82) is 0 Å². The number of nitrogens with zero attached hydrogens (tertiary/aromatic N) is 2. The summed E-state index contributed by atoms with van der Waals surface area (Å²) in [5.74, 6) is -2.54. The SMILES string of the molecule is CCOC(=O)c1ccn(-c2ccc(NS(=O)(=O)c3cc(F)cc(F)c3)cc2)n1. The van der Waals surface area contributed by atoms with E-state index in [1.165, 1.54) is 22.9 Å². The van der Waals surface area contributed by atoms with Crippen LogP contribution >= 0.6 is 0 Å². The first-order valence-electron chi connectivity index (χ1n) is 8.10. The van der Waals surface area contributed by atoms with Gasteiger partial charge < -0.3 is 4.74 Å². The summed E-state index contributed by atoms with van der Waals surface area (Å²) in [5.41, 5.74) is 0.890. The van der Waals surface area contributed by atoms with Crippen molar-refractivity contribution in [2.75, 3.05) is 11.3 Å². The number of carbonyl (C=O) groups excluding carboxylic acids is 1. The average molecular weight is 407 g/mol. The molecule has 0 saturated carbocycles. The molecular weight excluding hydrogens is 392 g/mol. The molecule has 3 rings (SSSR count). The van der Waals surface area contributed by atoms with Crippen LogP contribution in [0.1, 0.15) is 17.4 Å². The molecule has 1 heterocycles. The van der Waals surface area contributed by atoms with Gasteiger partial charge >= 0.3 is 5.97 Å². The summed E-state index contributed by atoms with van der Waals surface area (Å²) in [6, 6.07) is 9.55. The van der Waals surface area contributed by atoms with Crippen molar-refractivity contribution in [3.63, 3.8) is 0 Å². The molecule has 0 aliphatic carbocycles. The monoisotopic (exact) mass is 407 g/mol. The highest BCUT2D eigenvalue weighted by Gasteiger charge is 2.17. The molecule has 0 atom stereocenters. The van der Waals surface area contributed by atoms with Crippen molar-refractivity contribution in [2.45, 2.75) is 11.8 Å². The van der Waals surface area contributed by atoms with E-state index >= 15 is 0 Å². The van der Waals surface area contributed by atoms with E-state index in [4.69, 9.17) is 4.74 Å². The zero-order valence-corrected chi connectivity index (χ0v) is 15.4. The lowest BCUT2D eigenvalue weighted by Gasteiger charge is -2.09. The van der Waals surface area contributed by atoms with Gasteiger partial charge in [-0.1, -0.05) is 0 Å². The van der Waals surface area contributed by atoms with Gasteiger partial charge in [0.2, 0.25) is 0 Å². The number of esters is 1. The van der Waals surface area contributed by atoms with Crippen LogP contribution in [0.15, 0.2) is 59.6 Å². The average Bonchev–Trinajstić information content (AvgIpc) is 3.12. The van der Waals surface area contributed by atoms with Crippen LogP contribution in [-0.2, 0) is 14.8 Å². The van der Waals surface area contributed by atoms with Crippen LogP contribution in [0.4, 0.5) is 14.5 Å². The highest BCUT2D eigenvalue weighted by Crippen LogP contribution is 2.20. The Morgan fingerprint density at radius 1 is 1.11 bits per heavy atom. The van der Waals surface area contributed by atoms with Crippen LogP contribution in [-0.4, -0.2) is 30.8 Å². The molecule has 0 bridgehead atoms. The van der Waals surface area contributed by atoms with Gasteiger partial charge in [0.05, 0.1) is 17.2 Å². The molecule has 146 valence electrons. The molecule has 10 heteroatoms. The third-order valence-corrected chi connectivity index (χ3v) is 4.96. The van der Waals surface area contributed by atoms with Gasteiger partial charge in [-0.25, -0.2) is 26.7 Å². The lowest BCUT2D eigenvalue weighted by Crippen LogP contribution is -2.13. The predicted octanol–water partition coefficient (Wildman–Crippen LogP) is 3.13. The zero-order chi connectivity index (χ0) is 20.3. The van der Waals surface area contributed by atoms with E-state index < -0.39 is 32.5 Å². The van der Waals surface area contributed by atoms with E-state index in [-0.39, 0.29) is 18.0 Å². The number of ether oxygens (including phenoxy) is 1. The molecule has 1 aromatic heterocycles. The largest absolute Gasteiger partial charge is 0.461 e. The minimum absolute atomic E-state index is 0.139. The van der Waals surface area contributed by atoms with E-state index in [1.807, 2.05) is 0 Å². The van der Waals surface area contributed by atoms with E-state index in [0.29, 0.717) is 11.8 Å². The van der Waals surface area contributed by atoms with Gasteiger partial charge in [-0.3, -0.25) is 4.72 Å². The second-order valence-corrected chi connectivity index (χ2v) is 7.31. The van der Waals surface area contributed by atoms with Crippen LogP contribution in [0, 0.1) is 11.6 Å². The first kappa shape index (κ1) is 19.5. The summed E-state index contributed by atoms with van der Waals surface area (Å²) in [4.78, 5) is 11.1. The first-order valence-corrected chi connectivity index (χ1v) is 9.59. The Kier molecular flexibility index (Phi) is 5.41. The summed E-state index contributed by atoms with van der Waals surface area (Å²) >= 11 is 0. The molecule has 0 aliphatic rings. The van der Waals surface area contributed by atoms with Crippen LogP contribution in [0.2, 0.25) is 0 Å². The van der Waals surface area contributed by atoms with Crippen LogP contribution in [0.3, 0.4) is 0 Å². The first-order chi connectivity index (χ1) is 13.3. The normalized spacial score (nSPS) is 11.2. The number of nitrogens with one attached hydrogen (secondary N) is 1. The minimum atomic E-state index is -4.16. The number of hydrogen-bond acceptors (Lipinski definition) is 5. The molecule has 0 unspecified atom stereocenters. The third kappa shape index (κ3) is 4.34. The van der Waals surface area contributed by atoms with Crippen LogP contribution in [0.5, 0.6) is 0 Å². The van der Waals surface area contributed by atoms with Crippen molar-refractivity contribution in [2.24, 2.45) is 0 Å². The van der Waals surface area contributed by atoms with Crippen molar-refractivity contribution < 1.29 is 26.7 Å². The van der Waals surface area contributed by atoms with Gasteiger partial charge in [-0.05, 0) is 49.4 Å². The number of sulfonamides is 1. The van der Waals surface area contributed by atoms with Crippen molar-refractivity contribution in [3.8, 4) is 5.69 Å². The van der Waals surface area contributed by atoms with Gasteiger partial charge in [0.15, 0.2) is 5.69 Å². The van der Waals surface area contributed by atoms with Gasteiger partial charge in [0.25, 0.3) is 10.0 Å². The number of anilines is 1. The van der Waals surface area contributed by atoms with Gasteiger partial charge in [0, 0.05) is 18.0 Å². The quantitative estimate of drug-likeness (QED) is 0.634.